The van der Waals surface area contributed by atoms with Gasteiger partial charge in [0.05, 0.1) is 10.5 Å². The second-order valence-electron chi connectivity index (χ2n) is 8.11. The van der Waals surface area contributed by atoms with Crippen molar-refractivity contribution in [1.82, 2.24) is 19.9 Å². The number of anilines is 2. The topological polar surface area (TPSA) is 158 Å². The van der Waals surface area contributed by atoms with Crippen molar-refractivity contribution in [3.05, 3.63) is 71.7 Å². The maximum atomic E-state index is 12.6. The van der Waals surface area contributed by atoms with Crippen LogP contribution in [0.25, 0.3) is 5.69 Å². The maximum absolute atomic E-state index is 12.6. The van der Waals surface area contributed by atoms with Crippen LogP contribution in [-0.2, 0) is 19.6 Å². The van der Waals surface area contributed by atoms with E-state index in [1.54, 1.807) is 31.2 Å². The van der Waals surface area contributed by atoms with Gasteiger partial charge in [0.2, 0.25) is 0 Å². The normalized spacial score (nSPS) is 12.1. The minimum Gasteiger partial charge on any atom is -0.449 e. The van der Waals surface area contributed by atoms with E-state index in [4.69, 9.17) is 9.26 Å². The molecule has 4 rings (SSSR count). The van der Waals surface area contributed by atoms with Gasteiger partial charge in [-0.2, -0.15) is 0 Å². The summed E-state index contributed by atoms with van der Waals surface area (Å²) in [6.07, 6.45) is 0.790. The summed E-state index contributed by atoms with van der Waals surface area (Å²) < 4.78 is 39.3. The zero-order valence-corrected chi connectivity index (χ0v) is 22.5. The third-order valence-electron chi connectivity index (χ3n) is 5.29. The van der Waals surface area contributed by atoms with E-state index in [-0.39, 0.29) is 16.3 Å². The number of sulfonamides is 1. The number of thioether (sulfide) groups is 1. The summed E-state index contributed by atoms with van der Waals surface area (Å²) in [6, 6.07) is 13.6. The van der Waals surface area contributed by atoms with E-state index in [0.29, 0.717) is 17.3 Å². The van der Waals surface area contributed by atoms with Crippen molar-refractivity contribution < 1.29 is 27.3 Å². The monoisotopic (exact) mass is 556 g/mol. The maximum Gasteiger partial charge on any atom is 0.338 e. The first-order valence-corrected chi connectivity index (χ1v) is 13.9. The van der Waals surface area contributed by atoms with Gasteiger partial charge in [-0.3, -0.25) is 14.1 Å². The lowest BCUT2D eigenvalue weighted by Gasteiger charge is -2.14. The largest absolute Gasteiger partial charge is 0.449 e. The second kappa shape index (κ2) is 11.1. The molecule has 0 spiro atoms. The molecule has 0 aliphatic heterocycles. The number of esters is 1. The first kappa shape index (κ1) is 26.9. The summed E-state index contributed by atoms with van der Waals surface area (Å²) >= 11 is 1.45. The fourth-order valence-corrected chi connectivity index (χ4v) is 4.90. The fraction of sp³-hybridized carbons (Fsp3) is 0.208. The van der Waals surface area contributed by atoms with Crippen molar-refractivity contribution in [3.8, 4) is 5.69 Å². The Labute approximate surface area is 222 Å². The van der Waals surface area contributed by atoms with Crippen molar-refractivity contribution in [2.75, 3.05) is 16.3 Å². The summed E-state index contributed by atoms with van der Waals surface area (Å²) in [5.74, 6) is -0.0167. The van der Waals surface area contributed by atoms with E-state index in [1.807, 2.05) is 17.7 Å². The van der Waals surface area contributed by atoms with Crippen LogP contribution in [0, 0.1) is 13.8 Å². The molecule has 1 amide bonds. The third kappa shape index (κ3) is 6.03. The number of nitrogens with zero attached hydrogens (tertiary/aromatic N) is 4. The lowest BCUT2D eigenvalue weighted by atomic mass is 10.2. The first-order valence-electron chi connectivity index (χ1n) is 11.2. The minimum atomic E-state index is -3.90. The molecule has 2 aromatic heterocycles. The van der Waals surface area contributed by atoms with Gasteiger partial charge in [0.1, 0.15) is 11.6 Å². The number of carbonyl (C=O) groups excluding carboxylic acids is 2. The van der Waals surface area contributed by atoms with Gasteiger partial charge in [-0.05, 0) is 75.6 Å². The molecule has 0 bridgehead atoms. The van der Waals surface area contributed by atoms with Gasteiger partial charge in [0, 0.05) is 17.4 Å². The quantitative estimate of drug-likeness (QED) is 0.230. The molecule has 0 aliphatic carbocycles. The summed E-state index contributed by atoms with van der Waals surface area (Å²) in [5.41, 5.74) is 1.39. The lowest BCUT2D eigenvalue weighted by Crippen LogP contribution is -2.30. The van der Waals surface area contributed by atoms with Crippen molar-refractivity contribution in [2.45, 2.75) is 36.9 Å². The molecule has 198 valence electrons. The van der Waals surface area contributed by atoms with Crippen LogP contribution in [0.2, 0.25) is 0 Å². The third-order valence-corrected chi connectivity index (χ3v) is 7.29. The number of hydrogen-bond donors (Lipinski definition) is 2. The van der Waals surface area contributed by atoms with Gasteiger partial charge in [-0.1, -0.05) is 16.9 Å². The Morgan fingerprint density at radius 3 is 2.34 bits per heavy atom. The van der Waals surface area contributed by atoms with Crippen molar-refractivity contribution in [1.29, 1.82) is 0 Å². The smallest absolute Gasteiger partial charge is 0.338 e. The molecule has 2 aromatic carbocycles. The minimum absolute atomic E-state index is 0.0367. The highest BCUT2D eigenvalue weighted by Gasteiger charge is 2.21. The molecule has 1 unspecified atom stereocenters. The Hall–Kier alpha value is -4.17. The van der Waals surface area contributed by atoms with E-state index in [2.05, 4.69) is 25.4 Å². The van der Waals surface area contributed by atoms with E-state index in [9.17, 15) is 18.0 Å². The molecule has 4 aromatic rings. The summed E-state index contributed by atoms with van der Waals surface area (Å²) in [6.45, 7) is 4.91. The molecule has 2 N–H and O–H groups in total. The molecule has 14 heteroatoms. The zero-order valence-electron chi connectivity index (χ0n) is 20.8. The Morgan fingerprint density at radius 2 is 1.74 bits per heavy atom. The molecule has 2 heterocycles. The first-order chi connectivity index (χ1) is 18.1. The van der Waals surface area contributed by atoms with Crippen LogP contribution in [0.4, 0.5) is 11.5 Å². The number of aryl methyl sites for hydroxylation is 2. The highest BCUT2D eigenvalue weighted by molar-refractivity contribution is 7.98. The van der Waals surface area contributed by atoms with Crippen LogP contribution in [0.5, 0.6) is 0 Å². The van der Waals surface area contributed by atoms with E-state index in [0.717, 1.165) is 10.8 Å². The van der Waals surface area contributed by atoms with Crippen molar-refractivity contribution in [2.24, 2.45) is 0 Å². The summed E-state index contributed by atoms with van der Waals surface area (Å²) in [5, 5.41) is 15.1. The molecular weight excluding hydrogens is 532 g/mol. The van der Waals surface area contributed by atoms with Crippen molar-refractivity contribution >= 4 is 45.2 Å². The number of amides is 1. The molecule has 0 saturated carbocycles. The lowest BCUT2D eigenvalue weighted by molar-refractivity contribution is -0.123. The van der Waals surface area contributed by atoms with Crippen LogP contribution in [0.1, 0.15) is 28.9 Å². The SMILES string of the molecule is CSc1nnc(C)n1-c1ccc(C(=O)OC(C)C(=O)Nc2ccc(S(=O)(=O)Nc3cc(C)on3)cc2)cc1. The molecule has 0 radical (unpaired) electrons. The average molecular weight is 557 g/mol. The Kier molecular flexibility index (Phi) is 7.83. The van der Waals surface area contributed by atoms with Crippen LogP contribution in [-0.4, -0.2) is 52.6 Å². The van der Waals surface area contributed by atoms with Crippen LogP contribution < -0.4 is 10.0 Å². The highest BCUT2D eigenvalue weighted by Crippen LogP contribution is 2.21. The fourth-order valence-electron chi connectivity index (χ4n) is 3.37. The second-order valence-corrected chi connectivity index (χ2v) is 10.6. The van der Waals surface area contributed by atoms with Gasteiger partial charge in [0.25, 0.3) is 15.9 Å². The number of aromatic nitrogens is 4. The molecule has 0 saturated heterocycles. The summed E-state index contributed by atoms with van der Waals surface area (Å²) in [7, 11) is -3.90. The van der Waals surface area contributed by atoms with E-state index >= 15 is 0 Å². The Bertz CT molecular complexity index is 1560. The van der Waals surface area contributed by atoms with Gasteiger partial charge in [-0.25, -0.2) is 13.2 Å². The van der Waals surface area contributed by atoms with Gasteiger partial charge in [-0.15, -0.1) is 10.2 Å². The number of carbonyl (C=O) groups is 2. The van der Waals surface area contributed by atoms with Gasteiger partial charge < -0.3 is 14.6 Å². The predicted octanol–water partition coefficient (Wildman–Crippen LogP) is 3.58. The van der Waals surface area contributed by atoms with Crippen LogP contribution >= 0.6 is 11.8 Å². The molecular formula is C24H24N6O6S2. The van der Waals surface area contributed by atoms with E-state index < -0.39 is 28.0 Å². The van der Waals surface area contributed by atoms with E-state index in [1.165, 1.54) is 49.0 Å². The highest BCUT2D eigenvalue weighted by atomic mass is 32.2. The number of hydrogen-bond acceptors (Lipinski definition) is 10. The number of benzene rings is 2. The van der Waals surface area contributed by atoms with Crippen LogP contribution in [0.3, 0.4) is 0 Å². The molecule has 0 fully saturated rings. The zero-order chi connectivity index (χ0) is 27.4. The Morgan fingerprint density at radius 1 is 1.05 bits per heavy atom. The van der Waals surface area contributed by atoms with Crippen molar-refractivity contribution in [3.63, 3.8) is 0 Å². The number of nitrogens with one attached hydrogen (secondary N) is 2. The predicted molar refractivity (Wildman–Crippen MR) is 140 cm³/mol. The number of ether oxygens (including phenoxy) is 1. The summed E-state index contributed by atoms with van der Waals surface area (Å²) in [4.78, 5) is 25.1. The average Bonchev–Trinajstić information content (AvgIpc) is 3.48. The van der Waals surface area contributed by atoms with Gasteiger partial charge >= 0.3 is 5.97 Å². The standard InChI is InChI=1S/C24H24N6O6S2/c1-14-13-21(28-36-14)29-38(33,34)20-11-7-18(8-12-20)25-22(31)15(2)35-23(32)17-5-9-19(10-6-17)30-16(3)26-27-24(30)37-4/h5-13,15H,1-4H3,(H,25,31)(H,28,29). The van der Waals surface area contributed by atoms with Crippen LogP contribution in [0.15, 0.2) is 69.2 Å². The van der Waals surface area contributed by atoms with Gasteiger partial charge in [0.15, 0.2) is 17.1 Å². The molecule has 38 heavy (non-hydrogen) atoms. The Balaban J connectivity index is 1.35. The molecule has 1 atom stereocenters. The number of rotatable bonds is 9. The molecule has 12 nitrogen and oxygen atoms in total. The molecule has 0 aliphatic rings.